The normalized spacial score (nSPS) is 18.0. The van der Waals surface area contributed by atoms with Crippen molar-refractivity contribution in [1.29, 1.82) is 0 Å². The van der Waals surface area contributed by atoms with Crippen molar-refractivity contribution >= 4 is 11.9 Å². The first-order chi connectivity index (χ1) is 8.96. The van der Waals surface area contributed by atoms with E-state index in [1.165, 1.54) is 0 Å². The molecule has 6 heteroatoms. The molecule has 1 aliphatic rings. The van der Waals surface area contributed by atoms with Crippen LogP contribution in [-0.2, 0) is 16.6 Å². The van der Waals surface area contributed by atoms with Crippen molar-refractivity contribution in [2.45, 2.75) is 25.3 Å². The monoisotopic (exact) mass is 266 g/mol. The van der Waals surface area contributed by atoms with Gasteiger partial charge < -0.3 is 19.7 Å². The smallest absolute Gasteiger partial charge is 0.329 e. The average molecular weight is 266 g/mol. The number of nitrogens with zero attached hydrogens (tertiary/aromatic N) is 1. The summed E-state index contributed by atoms with van der Waals surface area (Å²) in [4.78, 5) is 23.7. The van der Waals surface area contributed by atoms with Gasteiger partial charge in [0.25, 0.3) is 5.91 Å². The van der Waals surface area contributed by atoms with Gasteiger partial charge in [-0.1, -0.05) is 0 Å². The predicted octanol–water partition coefficient (Wildman–Crippen LogP) is 0.697. The van der Waals surface area contributed by atoms with Gasteiger partial charge in [-0.05, 0) is 19.1 Å². The van der Waals surface area contributed by atoms with Gasteiger partial charge in [0, 0.05) is 38.8 Å². The minimum atomic E-state index is -1.21. The van der Waals surface area contributed by atoms with Gasteiger partial charge in [0.1, 0.15) is 11.2 Å². The van der Waals surface area contributed by atoms with Crippen molar-refractivity contribution in [1.82, 2.24) is 9.88 Å². The van der Waals surface area contributed by atoms with Gasteiger partial charge in [0.05, 0.1) is 0 Å². The minimum absolute atomic E-state index is 0.289. The zero-order valence-corrected chi connectivity index (χ0v) is 11.1. The predicted molar refractivity (Wildman–Crippen MR) is 68.0 cm³/mol. The van der Waals surface area contributed by atoms with Gasteiger partial charge in [0.2, 0.25) is 0 Å². The van der Waals surface area contributed by atoms with Gasteiger partial charge in [-0.2, -0.15) is 0 Å². The molecule has 0 atom stereocenters. The molecule has 1 aromatic heterocycles. The van der Waals surface area contributed by atoms with Gasteiger partial charge in [-0.3, -0.25) is 4.79 Å². The van der Waals surface area contributed by atoms with Gasteiger partial charge in [-0.15, -0.1) is 0 Å². The molecule has 1 amide bonds. The maximum atomic E-state index is 12.2. The number of carboxylic acids is 1. The number of hydrogen-bond donors (Lipinski definition) is 2. The number of ether oxygens (including phenoxy) is 1. The van der Waals surface area contributed by atoms with E-state index in [0.717, 1.165) is 5.69 Å². The molecular formula is C13H18N2O4. The molecule has 2 heterocycles. The van der Waals surface area contributed by atoms with Crippen LogP contribution in [0.25, 0.3) is 0 Å². The highest BCUT2D eigenvalue weighted by molar-refractivity contribution is 5.96. The van der Waals surface area contributed by atoms with E-state index in [9.17, 15) is 14.7 Å². The maximum absolute atomic E-state index is 12.2. The number of aryl methyl sites for hydroxylation is 1. The highest BCUT2D eigenvalue weighted by Crippen LogP contribution is 2.22. The topological polar surface area (TPSA) is 80.6 Å². The number of carbonyl (C=O) groups excluding carboxylic acids is 1. The van der Waals surface area contributed by atoms with Gasteiger partial charge >= 0.3 is 5.97 Å². The SMILES string of the molecule is Cc1ccc(C(=O)NC2(C(=O)O)CCOCC2)n1C. The molecule has 6 nitrogen and oxygen atoms in total. The molecule has 1 aliphatic heterocycles. The molecule has 19 heavy (non-hydrogen) atoms. The van der Waals surface area contributed by atoms with E-state index in [1.807, 2.05) is 13.0 Å². The van der Waals surface area contributed by atoms with E-state index < -0.39 is 11.5 Å². The number of carbonyl (C=O) groups is 2. The lowest BCUT2D eigenvalue weighted by atomic mass is 9.90. The van der Waals surface area contributed by atoms with E-state index in [4.69, 9.17) is 4.74 Å². The number of aromatic nitrogens is 1. The van der Waals surface area contributed by atoms with Crippen LogP contribution in [0.15, 0.2) is 12.1 Å². The van der Waals surface area contributed by atoms with Crippen LogP contribution in [0.4, 0.5) is 0 Å². The largest absolute Gasteiger partial charge is 0.480 e. The second-order valence-electron chi connectivity index (χ2n) is 4.87. The lowest BCUT2D eigenvalue weighted by Gasteiger charge is -2.33. The Morgan fingerprint density at radius 2 is 2.00 bits per heavy atom. The molecule has 0 aliphatic carbocycles. The van der Waals surface area contributed by atoms with Crippen LogP contribution < -0.4 is 5.32 Å². The maximum Gasteiger partial charge on any atom is 0.329 e. The van der Waals surface area contributed by atoms with E-state index in [0.29, 0.717) is 18.9 Å². The second kappa shape index (κ2) is 5.05. The molecule has 2 rings (SSSR count). The van der Waals surface area contributed by atoms with Crippen LogP contribution in [0, 0.1) is 6.92 Å². The van der Waals surface area contributed by atoms with E-state index in [-0.39, 0.29) is 18.7 Å². The van der Waals surface area contributed by atoms with Crippen molar-refractivity contribution in [3.05, 3.63) is 23.5 Å². The summed E-state index contributed by atoms with van der Waals surface area (Å²) in [5.41, 5.74) is 0.194. The fraction of sp³-hybridized carbons (Fsp3) is 0.538. The molecular weight excluding hydrogens is 248 g/mol. The summed E-state index contributed by atoms with van der Waals surface area (Å²) >= 11 is 0. The summed E-state index contributed by atoms with van der Waals surface area (Å²) in [5.74, 6) is -1.37. The molecule has 0 radical (unpaired) electrons. The molecule has 104 valence electrons. The number of hydrogen-bond acceptors (Lipinski definition) is 3. The Labute approximate surface area is 111 Å². The molecule has 0 unspecified atom stereocenters. The van der Waals surface area contributed by atoms with Crippen LogP contribution in [0.5, 0.6) is 0 Å². The highest BCUT2D eigenvalue weighted by atomic mass is 16.5. The van der Waals surface area contributed by atoms with Crippen molar-refractivity contribution < 1.29 is 19.4 Å². The summed E-state index contributed by atoms with van der Waals surface area (Å²) in [6.45, 7) is 2.58. The molecule has 1 saturated heterocycles. The third kappa shape index (κ3) is 2.49. The molecule has 1 fully saturated rings. The lowest BCUT2D eigenvalue weighted by Crippen LogP contribution is -2.57. The first kappa shape index (κ1) is 13.6. The van der Waals surface area contributed by atoms with Crippen molar-refractivity contribution in [3.8, 4) is 0 Å². The van der Waals surface area contributed by atoms with Crippen molar-refractivity contribution in [2.24, 2.45) is 7.05 Å². The fourth-order valence-corrected chi connectivity index (χ4v) is 2.23. The summed E-state index contributed by atoms with van der Waals surface area (Å²) in [7, 11) is 1.78. The van der Waals surface area contributed by atoms with Crippen molar-refractivity contribution in [3.63, 3.8) is 0 Å². The fourth-order valence-electron chi connectivity index (χ4n) is 2.23. The number of nitrogens with one attached hydrogen (secondary N) is 1. The minimum Gasteiger partial charge on any atom is -0.480 e. The van der Waals surface area contributed by atoms with Crippen LogP contribution in [0.3, 0.4) is 0 Å². The Hall–Kier alpha value is -1.82. The summed E-state index contributed by atoms with van der Waals surface area (Å²) in [5, 5.41) is 12.0. The quantitative estimate of drug-likeness (QED) is 0.843. The van der Waals surface area contributed by atoms with Crippen LogP contribution in [0.2, 0.25) is 0 Å². The Bertz CT molecular complexity index is 501. The molecule has 0 spiro atoms. The molecule has 2 N–H and O–H groups in total. The zero-order valence-electron chi connectivity index (χ0n) is 11.1. The van der Waals surface area contributed by atoms with Gasteiger partial charge in [0.15, 0.2) is 0 Å². The summed E-state index contributed by atoms with van der Waals surface area (Å²) in [6.07, 6.45) is 0.578. The van der Waals surface area contributed by atoms with Crippen molar-refractivity contribution in [2.75, 3.05) is 13.2 Å². The Morgan fingerprint density at radius 3 is 2.47 bits per heavy atom. The zero-order chi connectivity index (χ0) is 14.0. The molecule has 0 bridgehead atoms. The molecule has 1 aromatic rings. The second-order valence-corrected chi connectivity index (χ2v) is 4.87. The average Bonchev–Trinajstić information content (AvgIpc) is 2.71. The Morgan fingerprint density at radius 1 is 1.37 bits per heavy atom. The standard InChI is InChI=1S/C13H18N2O4/c1-9-3-4-10(15(9)2)11(16)14-13(12(17)18)5-7-19-8-6-13/h3-4H,5-8H2,1-2H3,(H,14,16)(H,17,18). The summed E-state index contributed by atoms with van der Waals surface area (Å²) < 4.78 is 6.91. The number of carboxylic acid groups (broad SMARTS) is 1. The Kier molecular flexibility index (Phi) is 3.61. The first-order valence-corrected chi connectivity index (χ1v) is 6.22. The highest BCUT2D eigenvalue weighted by Gasteiger charge is 2.42. The molecule has 0 aromatic carbocycles. The third-order valence-electron chi connectivity index (χ3n) is 3.71. The number of rotatable bonds is 3. The number of aliphatic carboxylic acids is 1. The van der Waals surface area contributed by atoms with E-state index in [2.05, 4.69) is 5.32 Å². The lowest BCUT2D eigenvalue weighted by molar-refractivity contribution is -0.148. The van der Waals surface area contributed by atoms with Crippen LogP contribution in [-0.4, -0.2) is 40.3 Å². The Balaban J connectivity index is 2.20. The third-order valence-corrected chi connectivity index (χ3v) is 3.71. The van der Waals surface area contributed by atoms with E-state index in [1.54, 1.807) is 17.7 Å². The van der Waals surface area contributed by atoms with Gasteiger partial charge in [-0.25, -0.2) is 4.79 Å². The van der Waals surface area contributed by atoms with Crippen LogP contribution in [0.1, 0.15) is 29.0 Å². The van der Waals surface area contributed by atoms with Crippen LogP contribution >= 0.6 is 0 Å². The van der Waals surface area contributed by atoms with E-state index >= 15 is 0 Å². The summed E-state index contributed by atoms with van der Waals surface area (Å²) in [6, 6.07) is 3.52. The first-order valence-electron chi connectivity index (χ1n) is 6.22. The molecule has 0 saturated carbocycles. The number of amides is 1.